The lowest BCUT2D eigenvalue weighted by Gasteiger charge is -2.26. The highest BCUT2D eigenvalue weighted by Crippen LogP contribution is 2.43. The number of hydrogen-bond acceptors (Lipinski definition) is 3. The van der Waals surface area contributed by atoms with Gasteiger partial charge in [0.2, 0.25) is 5.91 Å². The topological polar surface area (TPSA) is 62.1 Å². The number of rotatable bonds is 3. The Kier molecular flexibility index (Phi) is 3.99. The maximum Gasteiger partial charge on any atom is 0.228 e. The van der Waals surface area contributed by atoms with Gasteiger partial charge in [0.15, 0.2) is 0 Å². The number of carbonyl (C=O) groups excluding carboxylic acids is 1. The number of anilines is 1. The number of hydrogen-bond donors (Lipinski definition) is 1. The summed E-state index contributed by atoms with van der Waals surface area (Å²) in [5.74, 6) is 0.487. The van der Waals surface area contributed by atoms with E-state index in [4.69, 9.17) is 10.00 Å². The standard InChI is InChI=1S/C16H20N2O2/c1-16(2)9-5-7-12(16)15(19)18-14-11(10-17)6-4-8-13(14)20-3/h4,6,8,12H,5,7,9H2,1-3H3,(H,18,19). The van der Waals surface area contributed by atoms with Crippen LogP contribution < -0.4 is 10.1 Å². The van der Waals surface area contributed by atoms with E-state index in [1.54, 1.807) is 18.2 Å². The molecule has 0 radical (unpaired) electrons. The molecule has 0 heterocycles. The van der Waals surface area contributed by atoms with Crippen molar-refractivity contribution in [3.8, 4) is 11.8 Å². The molecular weight excluding hydrogens is 252 g/mol. The smallest absolute Gasteiger partial charge is 0.228 e. The summed E-state index contributed by atoms with van der Waals surface area (Å²) in [4.78, 5) is 12.5. The lowest BCUT2D eigenvalue weighted by molar-refractivity contribution is -0.122. The molecule has 0 aliphatic heterocycles. The summed E-state index contributed by atoms with van der Waals surface area (Å²) in [6.07, 6.45) is 3.03. The second-order valence-electron chi connectivity index (χ2n) is 5.92. The van der Waals surface area contributed by atoms with E-state index in [2.05, 4.69) is 25.2 Å². The molecule has 1 atom stereocenters. The van der Waals surface area contributed by atoms with E-state index in [1.165, 1.54) is 7.11 Å². The second kappa shape index (κ2) is 5.54. The average Bonchev–Trinajstić information content (AvgIpc) is 2.78. The van der Waals surface area contributed by atoms with Crippen LogP contribution >= 0.6 is 0 Å². The van der Waals surface area contributed by atoms with Crippen molar-refractivity contribution in [2.24, 2.45) is 11.3 Å². The van der Waals surface area contributed by atoms with Crippen LogP contribution in [-0.2, 0) is 4.79 Å². The molecule has 0 bridgehead atoms. The zero-order valence-corrected chi connectivity index (χ0v) is 12.2. The lowest BCUT2D eigenvalue weighted by atomic mass is 9.81. The van der Waals surface area contributed by atoms with Crippen LogP contribution in [0.25, 0.3) is 0 Å². The Morgan fingerprint density at radius 2 is 2.25 bits per heavy atom. The van der Waals surface area contributed by atoms with Gasteiger partial charge in [-0.15, -0.1) is 0 Å². The quantitative estimate of drug-likeness (QED) is 0.918. The van der Waals surface area contributed by atoms with Crippen LogP contribution in [0.2, 0.25) is 0 Å². The molecule has 2 rings (SSSR count). The van der Waals surface area contributed by atoms with Crippen LogP contribution in [0.4, 0.5) is 5.69 Å². The fourth-order valence-electron chi connectivity index (χ4n) is 2.95. The van der Waals surface area contributed by atoms with Crippen molar-refractivity contribution in [2.45, 2.75) is 33.1 Å². The number of carbonyl (C=O) groups is 1. The summed E-state index contributed by atoms with van der Waals surface area (Å²) in [6.45, 7) is 4.25. The first kappa shape index (κ1) is 14.4. The summed E-state index contributed by atoms with van der Waals surface area (Å²) in [5, 5.41) is 12.1. The molecule has 106 valence electrons. The minimum Gasteiger partial charge on any atom is -0.495 e. The molecular formula is C16H20N2O2. The van der Waals surface area contributed by atoms with Crippen molar-refractivity contribution in [2.75, 3.05) is 12.4 Å². The van der Waals surface area contributed by atoms with Crippen LogP contribution in [0, 0.1) is 22.7 Å². The maximum absolute atomic E-state index is 12.5. The molecule has 4 heteroatoms. The highest BCUT2D eigenvalue weighted by Gasteiger charge is 2.39. The minimum atomic E-state index is -0.0199. The Morgan fingerprint density at radius 3 is 2.80 bits per heavy atom. The molecule has 1 aromatic rings. The summed E-state index contributed by atoms with van der Waals surface area (Å²) in [7, 11) is 1.53. The number of methoxy groups -OCH3 is 1. The predicted octanol–water partition coefficient (Wildman–Crippen LogP) is 3.33. The fraction of sp³-hybridized carbons (Fsp3) is 0.500. The van der Waals surface area contributed by atoms with Gasteiger partial charge in [0.25, 0.3) is 0 Å². The number of nitrogens with one attached hydrogen (secondary N) is 1. The van der Waals surface area contributed by atoms with Gasteiger partial charge in [-0.3, -0.25) is 4.79 Å². The third-order valence-corrected chi connectivity index (χ3v) is 4.19. The lowest BCUT2D eigenvalue weighted by Crippen LogP contribution is -2.31. The highest BCUT2D eigenvalue weighted by atomic mass is 16.5. The zero-order valence-electron chi connectivity index (χ0n) is 12.2. The molecule has 0 spiro atoms. The van der Waals surface area contributed by atoms with Crippen LogP contribution in [0.1, 0.15) is 38.7 Å². The van der Waals surface area contributed by atoms with Gasteiger partial charge in [-0.2, -0.15) is 5.26 Å². The summed E-state index contributed by atoms with van der Waals surface area (Å²) >= 11 is 0. The Balaban J connectivity index is 2.26. The van der Waals surface area contributed by atoms with E-state index in [1.807, 2.05) is 0 Å². The molecule has 0 saturated heterocycles. The van der Waals surface area contributed by atoms with Gasteiger partial charge in [0, 0.05) is 5.92 Å². The minimum absolute atomic E-state index is 0.0128. The van der Waals surface area contributed by atoms with Crippen molar-refractivity contribution in [1.82, 2.24) is 0 Å². The monoisotopic (exact) mass is 272 g/mol. The van der Waals surface area contributed by atoms with E-state index in [9.17, 15) is 4.79 Å². The van der Waals surface area contributed by atoms with Crippen molar-refractivity contribution in [1.29, 1.82) is 5.26 Å². The molecule has 20 heavy (non-hydrogen) atoms. The van der Waals surface area contributed by atoms with Crippen molar-refractivity contribution in [3.63, 3.8) is 0 Å². The SMILES string of the molecule is COc1cccc(C#N)c1NC(=O)C1CCCC1(C)C. The van der Waals surface area contributed by atoms with Crippen molar-refractivity contribution in [3.05, 3.63) is 23.8 Å². The molecule has 1 saturated carbocycles. The predicted molar refractivity (Wildman–Crippen MR) is 77.5 cm³/mol. The summed E-state index contributed by atoms with van der Waals surface area (Å²) in [6, 6.07) is 7.26. The first-order valence-corrected chi connectivity index (χ1v) is 6.87. The van der Waals surface area contributed by atoms with Gasteiger partial charge >= 0.3 is 0 Å². The Hall–Kier alpha value is -2.02. The van der Waals surface area contributed by atoms with E-state index < -0.39 is 0 Å². The maximum atomic E-state index is 12.5. The number of nitriles is 1. The van der Waals surface area contributed by atoms with Gasteiger partial charge < -0.3 is 10.1 Å². The van der Waals surface area contributed by atoms with Gasteiger partial charge in [-0.1, -0.05) is 26.3 Å². The van der Waals surface area contributed by atoms with Gasteiger partial charge in [-0.05, 0) is 30.4 Å². The van der Waals surface area contributed by atoms with E-state index >= 15 is 0 Å². The number of nitrogens with zero attached hydrogens (tertiary/aromatic N) is 1. The number of ether oxygens (including phenoxy) is 1. The van der Waals surface area contributed by atoms with E-state index in [0.29, 0.717) is 17.0 Å². The molecule has 1 amide bonds. The van der Waals surface area contributed by atoms with E-state index in [0.717, 1.165) is 19.3 Å². The third kappa shape index (κ3) is 2.62. The molecule has 1 aliphatic rings. The first-order valence-electron chi connectivity index (χ1n) is 6.87. The third-order valence-electron chi connectivity index (χ3n) is 4.19. The molecule has 1 aromatic carbocycles. The Morgan fingerprint density at radius 1 is 1.50 bits per heavy atom. The molecule has 4 nitrogen and oxygen atoms in total. The summed E-state index contributed by atoms with van der Waals surface area (Å²) < 4.78 is 5.24. The van der Waals surface area contributed by atoms with E-state index in [-0.39, 0.29) is 17.2 Å². The zero-order chi connectivity index (χ0) is 14.8. The van der Waals surface area contributed by atoms with Crippen molar-refractivity contribution < 1.29 is 9.53 Å². The van der Waals surface area contributed by atoms with Crippen LogP contribution in [-0.4, -0.2) is 13.0 Å². The molecule has 1 fully saturated rings. The summed E-state index contributed by atoms with van der Waals surface area (Å²) in [5.41, 5.74) is 0.914. The van der Waals surface area contributed by atoms with Gasteiger partial charge in [-0.25, -0.2) is 0 Å². The highest BCUT2D eigenvalue weighted by molar-refractivity contribution is 5.96. The van der Waals surface area contributed by atoms with Crippen molar-refractivity contribution >= 4 is 11.6 Å². The largest absolute Gasteiger partial charge is 0.495 e. The normalized spacial score (nSPS) is 20.2. The first-order chi connectivity index (χ1) is 9.49. The number of amides is 1. The van der Waals surface area contributed by atoms with Crippen LogP contribution in [0.5, 0.6) is 5.75 Å². The number of benzene rings is 1. The number of para-hydroxylation sites is 1. The Bertz CT molecular complexity index is 558. The molecule has 1 aliphatic carbocycles. The van der Waals surface area contributed by atoms with Gasteiger partial charge in [0.05, 0.1) is 12.7 Å². The average molecular weight is 272 g/mol. The van der Waals surface area contributed by atoms with Gasteiger partial charge in [0.1, 0.15) is 17.5 Å². The van der Waals surface area contributed by atoms with Crippen LogP contribution in [0.3, 0.4) is 0 Å². The molecule has 1 N–H and O–H groups in total. The fourth-order valence-corrected chi connectivity index (χ4v) is 2.95. The molecule has 1 unspecified atom stereocenters. The molecule has 0 aromatic heterocycles. The van der Waals surface area contributed by atoms with Crippen LogP contribution in [0.15, 0.2) is 18.2 Å². The second-order valence-corrected chi connectivity index (χ2v) is 5.92. The Labute approximate surface area is 119 Å².